The fourth-order valence-corrected chi connectivity index (χ4v) is 3.60. The highest BCUT2D eigenvalue weighted by molar-refractivity contribution is 5.37. The lowest BCUT2D eigenvalue weighted by atomic mass is 10.1. The summed E-state index contributed by atoms with van der Waals surface area (Å²) in [5.41, 5.74) is 5.75. The van der Waals surface area contributed by atoms with Gasteiger partial charge >= 0.3 is 0 Å². The summed E-state index contributed by atoms with van der Waals surface area (Å²) in [6, 6.07) is 23.0. The fraction of sp³-hybridized carbons (Fsp3) is 0.320. The third-order valence-corrected chi connectivity index (χ3v) is 5.27. The highest BCUT2D eigenvalue weighted by Gasteiger charge is 2.12. The minimum Gasteiger partial charge on any atom is -0.385 e. The molecule has 0 spiro atoms. The molecular formula is C25H29N3O. The summed E-state index contributed by atoms with van der Waals surface area (Å²) < 4.78 is 7.58. The number of methoxy groups -OCH3 is 1. The number of nitrogens with zero attached hydrogens (tertiary/aromatic N) is 3. The molecule has 150 valence electrons. The summed E-state index contributed by atoms with van der Waals surface area (Å²) in [6.07, 6.45) is 3.11. The van der Waals surface area contributed by atoms with Crippen LogP contribution in [-0.2, 0) is 24.4 Å². The molecule has 0 saturated heterocycles. The predicted molar refractivity (Wildman–Crippen MR) is 116 cm³/mol. The Balaban J connectivity index is 1.77. The normalized spacial score (nSPS) is 11.0. The van der Waals surface area contributed by atoms with Gasteiger partial charge in [0, 0.05) is 51.8 Å². The molecule has 3 aromatic rings. The molecule has 0 aliphatic carbocycles. The van der Waals surface area contributed by atoms with Crippen LogP contribution in [0, 0.1) is 18.3 Å². The van der Waals surface area contributed by atoms with E-state index < -0.39 is 0 Å². The van der Waals surface area contributed by atoms with Crippen LogP contribution in [0.25, 0.3) is 0 Å². The Morgan fingerprint density at radius 3 is 2.48 bits per heavy atom. The molecule has 0 radical (unpaired) electrons. The molecule has 0 aliphatic rings. The van der Waals surface area contributed by atoms with Gasteiger partial charge in [0.05, 0.1) is 11.6 Å². The molecular weight excluding hydrogens is 358 g/mol. The maximum Gasteiger partial charge on any atom is 0.0995 e. The van der Waals surface area contributed by atoms with Crippen molar-refractivity contribution in [1.29, 1.82) is 5.26 Å². The molecule has 0 amide bonds. The van der Waals surface area contributed by atoms with Crippen molar-refractivity contribution in [3.63, 3.8) is 0 Å². The summed E-state index contributed by atoms with van der Waals surface area (Å²) in [7, 11) is 1.74. The fourth-order valence-electron chi connectivity index (χ4n) is 3.60. The van der Waals surface area contributed by atoms with Crippen LogP contribution in [0.4, 0.5) is 0 Å². The van der Waals surface area contributed by atoms with Gasteiger partial charge in [0.25, 0.3) is 0 Å². The molecule has 0 unspecified atom stereocenters. The van der Waals surface area contributed by atoms with Gasteiger partial charge in [0.2, 0.25) is 0 Å². The summed E-state index contributed by atoms with van der Waals surface area (Å²) >= 11 is 0. The predicted octanol–water partition coefficient (Wildman–Crippen LogP) is 4.76. The molecule has 29 heavy (non-hydrogen) atoms. The largest absolute Gasteiger partial charge is 0.385 e. The van der Waals surface area contributed by atoms with Crippen LogP contribution < -0.4 is 0 Å². The average Bonchev–Trinajstić information content (AvgIpc) is 3.17. The monoisotopic (exact) mass is 387 g/mol. The van der Waals surface area contributed by atoms with Gasteiger partial charge in [-0.3, -0.25) is 4.90 Å². The molecule has 4 nitrogen and oxygen atoms in total. The van der Waals surface area contributed by atoms with E-state index in [1.807, 2.05) is 24.3 Å². The molecule has 1 heterocycles. The van der Waals surface area contributed by atoms with Crippen LogP contribution in [-0.4, -0.2) is 29.7 Å². The molecule has 0 aliphatic heterocycles. The number of nitriles is 1. The van der Waals surface area contributed by atoms with E-state index in [4.69, 9.17) is 4.74 Å². The summed E-state index contributed by atoms with van der Waals surface area (Å²) in [6.45, 7) is 6.28. The first kappa shape index (κ1) is 20.9. The Kier molecular flexibility index (Phi) is 7.63. The number of hydrogen-bond donors (Lipinski definition) is 0. The number of hydrogen-bond acceptors (Lipinski definition) is 3. The van der Waals surface area contributed by atoms with Crippen molar-refractivity contribution in [1.82, 2.24) is 9.47 Å². The van der Waals surface area contributed by atoms with Crippen molar-refractivity contribution in [3.05, 3.63) is 94.8 Å². The summed E-state index contributed by atoms with van der Waals surface area (Å²) in [4.78, 5) is 2.40. The van der Waals surface area contributed by atoms with Crippen molar-refractivity contribution < 1.29 is 4.74 Å². The minimum absolute atomic E-state index is 0.737. The van der Waals surface area contributed by atoms with Crippen molar-refractivity contribution in [3.8, 4) is 6.07 Å². The maximum absolute atomic E-state index is 9.44. The molecule has 3 rings (SSSR count). The van der Waals surface area contributed by atoms with E-state index in [1.165, 1.54) is 16.8 Å². The maximum atomic E-state index is 9.44. The third-order valence-electron chi connectivity index (χ3n) is 5.27. The zero-order chi connectivity index (χ0) is 20.5. The summed E-state index contributed by atoms with van der Waals surface area (Å²) in [5.74, 6) is 0. The van der Waals surface area contributed by atoms with Crippen LogP contribution in [0.2, 0.25) is 0 Å². The van der Waals surface area contributed by atoms with Crippen molar-refractivity contribution in [2.75, 3.05) is 20.3 Å². The van der Waals surface area contributed by atoms with Crippen LogP contribution in [0.1, 0.15) is 34.4 Å². The average molecular weight is 388 g/mol. The lowest BCUT2D eigenvalue weighted by Crippen LogP contribution is -2.26. The minimum atomic E-state index is 0.737. The van der Waals surface area contributed by atoms with Gasteiger partial charge in [-0.05, 0) is 48.2 Å². The molecule has 0 bridgehead atoms. The first-order chi connectivity index (χ1) is 14.2. The zero-order valence-electron chi connectivity index (χ0n) is 17.3. The van der Waals surface area contributed by atoms with Crippen LogP contribution >= 0.6 is 0 Å². The van der Waals surface area contributed by atoms with Gasteiger partial charge in [0.1, 0.15) is 0 Å². The SMILES string of the molecule is COCCCN(Cc1ccccc1C#N)Cc1cccn1Cc1ccccc1C. The molecule has 0 N–H and O–H groups in total. The van der Waals surface area contributed by atoms with E-state index in [-0.39, 0.29) is 0 Å². The van der Waals surface area contributed by atoms with Crippen LogP contribution in [0.3, 0.4) is 0 Å². The number of aryl methyl sites for hydroxylation is 1. The Morgan fingerprint density at radius 1 is 0.966 bits per heavy atom. The lowest BCUT2D eigenvalue weighted by Gasteiger charge is -2.24. The number of aromatic nitrogens is 1. The number of ether oxygens (including phenoxy) is 1. The highest BCUT2D eigenvalue weighted by atomic mass is 16.5. The van der Waals surface area contributed by atoms with E-state index in [0.717, 1.165) is 50.3 Å². The van der Waals surface area contributed by atoms with Crippen molar-refractivity contribution >= 4 is 0 Å². The summed E-state index contributed by atoms with van der Waals surface area (Å²) in [5, 5.41) is 9.44. The van der Waals surface area contributed by atoms with E-state index >= 15 is 0 Å². The second kappa shape index (κ2) is 10.6. The lowest BCUT2D eigenvalue weighted by molar-refractivity contribution is 0.165. The van der Waals surface area contributed by atoms with Gasteiger partial charge in [-0.1, -0.05) is 42.5 Å². The first-order valence-corrected chi connectivity index (χ1v) is 10.1. The van der Waals surface area contributed by atoms with Crippen molar-refractivity contribution in [2.24, 2.45) is 0 Å². The van der Waals surface area contributed by atoms with E-state index in [9.17, 15) is 5.26 Å². The van der Waals surface area contributed by atoms with Gasteiger partial charge in [-0.2, -0.15) is 5.26 Å². The van der Waals surface area contributed by atoms with Gasteiger partial charge in [-0.15, -0.1) is 0 Å². The van der Waals surface area contributed by atoms with E-state index in [0.29, 0.717) is 0 Å². The highest BCUT2D eigenvalue weighted by Crippen LogP contribution is 2.17. The van der Waals surface area contributed by atoms with E-state index in [1.54, 1.807) is 7.11 Å². The van der Waals surface area contributed by atoms with Gasteiger partial charge in [0.15, 0.2) is 0 Å². The second-order valence-corrected chi connectivity index (χ2v) is 7.38. The zero-order valence-corrected chi connectivity index (χ0v) is 17.3. The Bertz CT molecular complexity index is 954. The first-order valence-electron chi connectivity index (χ1n) is 10.1. The molecule has 1 aromatic heterocycles. The second-order valence-electron chi connectivity index (χ2n) is 7.38. The molecule has 0 atom stereocenters. The quantitative estimate of drug-likeness (QED) is 0.471. The standard InChI is InChI=1S/C25H29N3O/c1-21-9-3-4-11-23(21)19-28-15-7-13-25(28)20-27(14-8-16-29-2)18-24-12-6-5-10-22(24)17-26/h3-7,9-13,15H,8,14,16,18-20H2,1-2H3. The molecule has 2 aromatic carbocycles. The van der Waals surface area contributed by atoms with Crippen LogP contribution in [0.15, 0.2) is 66.9 Å². The van der Waals surface area contributed by atoms with Gasteiger partial charge < -0.3 is 9.30 Å². The smallest absolute Gasteiger partial charge is 0.0995 e. The third kappa shape index (κ3) is 5.80. The topological polar surface area (TPSA) is 41.2 Å². The Hall–Kier alpha value is -2.87. The number of benzene rings is 2. The van der Waals surface area contributed by atoms with Gasteiger partial charge in [-0.25, -0.2) is 0 Å². The van der Waals surface area contributed by atoms with Crippen molar-refractivity contribution in [2.45, 2.75) is 33.0 Å². The van der Waals surface area contributed by atoms with E-state index in [2.05, 4.69) is 65.1 Å². The van der Waals surface area contributed by atoms with Crippen LogP contribution in [0.5, 0.6) is 0 Å². The molecule has 0 saturated carbocycles. The number of rotatable bonds is 10. The Labute approximate surface area is 174 Å². The Morgan fingerprint density at radius 2 is 1.72 bits per heavy atom. The molecule has 4 heteroatoms. The molecule has 0 fully saturated rings.